The first kappa shape index (κ1) is 20.6. The average Bonchev–Trinajstić information content (AvgIpc) is 2.70. The number of methoxy groups -OCH3 is 2. The van der Waals surface area contributed by atoms with Crippen molar-refractivity contribution in [3.05, 3.63) is 53.8 Å². The van der Waals surface area contributed by atoms with E-state index in [0.29, 0.717) is 30.1 Å². The Hall–Kier alpha value is -2.76. The zero-order valence-electron chi connectivity index (χ0n) is 16.1. The zero-order chi connectivity index (χ0) is 19.8. The fraction of sp³-hybridized carbons (Fsp3) is 0.381. The topological polar surface area (TPSA) is 56.8 Å². The third-order valence-corrected chi connectivity index (χ3v) is 4.29. The van der Waals surface area contributed by atoms with Crippen LogP contribution in [0.5, 0.6) is 17.2 Å². The van der Waals surface area contributed by atoms with E-state index in [-0.39, 0.29) is 17.8 Å². The number of benzene rings is 2. The Morgan fingerprint density at radius 1 is 1.00 bits per heavy atom. The molecule has 0 aliphatic heterocycles. The van der Waals surface area contributed by atoms with Crippen LogP contribution in [0.2, 0.25) is 0 Å². The highest BCUT2D eigenvalue weighted by atomic mass is 19.1. The predicted molar refractivity (Wildman–Crippen MR) is 102 cm³/mol. The SMILES string of the molecule is CC[C@H](NC(=O)[C@@H](CC)Oc1ccc(F)cc1)c1ccc(OC)c(OC)c1. The number of rotatable bonds is 9. The fourth-order valence-corrected chi connectivity index (χ4v) is 2.76. The number of halogens is 1. The summed E-state index contributed by atoms with van der Waals surface area (Å²) in [6.45, 7) is 3.86. The van der Waals surface area contributed by atoms with Crippen molar-refractivity contribution in [2.45, 2.75) is 38.8 Å². The van der Waals surface area contributed by atoms with E-state index < -0.39 is 6.10 Å². The minimum absolute atomic E-state index is 0.192. The van der Waals surface area contributed by atoms with E-state index in [0.717, 1.165) is 5.56 Å². The van der Waals surface area contributed by atoms with Crippen molar-refractivity contribution in [3.8, 4) is 17.2 Å². The second-order valence-electron chi connectivity index (χ2n) is 6.05. The van der Waals surface area contributed by atoms with Crippen molar-refractivity contribution >= 4 is 5.91 Å². The minimum atomic E-state index is -0.662. The predicted octanol–water partition coefficient (Wildman–Crippen LogP) is 4.27. The molecule has 1 amide bonds. The number of hydrogen-bond acceptors (Lipinski definition) is 4. The van der Waals surface area contributed by atoms with E-state index in [9.17, 15) is 9.18 Å². The Kier molecular flexibility index (Phi) is 7.46. The lowest BCUT2D eigenvalue weighted by Crippen LogP contribution is -2.39. The van der Waals surface area contributed by atoms with Crippen LogP contribution in [0.3, 0.4) is 0 Å². The molecule has 0 saturated carbocycles. The molecule has 1 N–H and O–H groups in total. The molecule has 0 aromatic heterocycles. The molecule has 0 aliphatic carbocycles. The number of carbonyl (C=O) groups excluding carboxylic acids is 1. The average molecular weight is 375 g/mol. The zero-order valence-corrected chi connectivity index (χ0v) is 16.1. The highest BCUT2D eigenvalue weighted by molar-refractivity contribution is 5.81. The maximum absolute atomic E-state index is 13.0. The molecule has 0 unspecified atom stereocenters. The van der Waals surface area contributed by atoms with Gasteiger partial charge < -0.3 is 19.5 Å². The molecule has 0 aliphatic rings. The molecule has 2 aromatic rings. The summed E-state index contributed by atoms with van der Waals surface area (Å²) >= 11 is 0. The minimum Gasteiger partial charge on any atom is -0.493 e. The summed E-state index contributed by atoms with van der Waals surface area (Å²) in [4.78, 5) is 12.7. The van der Waals surface area contributed by atoms with Crippen molar-refractivity contribution in [1.29, 1.82) is 0 Å². The largest absolute Gasteiger partial charge is 0.493 e. The number of amides is 1. The standard InChI is InChI=1S/C21H26FNO4/c1-5-17(14-7-12-19(25-3)20(13-14)26-4)23-21(24)18(6-2)27-16-10-8-15(22)9-11-16/h7-13,17-18H,5-6H2,1-4H3,(H,23,24)/t17-,18+/m0/s1. The summed E-state index contributed by atoms with van der Waals surface area (Å²) in [7, 11) is 3.15. The lowest BCUT2D eigenvalue weighted by Gasteiger charge is -2.23. The monoisotopic (exact) mass is 375 g/mol. The molecule has 2 atom stereocenters. The van der Waals surface area contributed by atoms with Crippen molar-refractivity contribution < 1.29 is 23.4 Å². The van der Waals surface area contributed by atoms with E-state index >= 15 is 0 Å². The van der Waals surface area contributed by atoms with Gasteiger partial charge in [0.05, 0.1) is 20.3 Å². The Balaban J connectivity index is 2.11. The molecular weight excluding hydrogens is 349 g/mol. The third-order valence-electron chi connectivity index (χ3n) is 4.29. The van der Waals surface area contributed by atoms with Crippen LogP contribution in [0.15, 0.2) is 42.5 Å². The second kappa shape index (κ2) is 9.80. The lowest BCUT2D eigenvalue weighted by molar-refractivity contribution is -0.128. The van der Waals surface area contributed by atoms with Gasteiger partial charge >= 0.3 is 0 Å². The van der Waals surface area contributed by atoms with E-state index in [1.165, 1.54) is 24.3 Å². The van der Waals surface area contributed by atoms with Gasteiger partial charge in [-0.25, -0.2) is 4.39 Å². The van der Waals surface area contributed by atoms with Gasteiger partial charge in [0.25, 0.3) is 5.91 Å². The molecule has 0 fully saturated rings. The van der Waals surface area contributed by atoms with Gasteiger partial charge in [-0.1, -0.05) is 19.9 Å². The first-order valence-corrected chi connectivity index (χ1v) is 8.96. The molecule has 2 aromatic carbocycles. The normalized spacial score (nSPS) is 12.8. The van der Waals surface area contributed by atoms with Crippen LogP contribution >= 0.6 is 0 Å². The summed E-state index contributed by atoms with van der Waals surface area (Å²) < 4.78 is 29.3. The quantitative estimate of drug-likeness (QED) is 0.711. The van der Waals surface area contributed by atoms with Gasteiger partial charge in [-0.05, 0) is 54.8 Å². The van der Waals surface area contributed by atoms with Gasteiger partial charge in [0.15, 0.2) is 17.6 Å². The number of carbonyl (C=O) groups is 1. The third kappa shape index (κ3) is 5.36. The fourth-order valence-electron chi connectivity index (χ4n) is 2.76. The van der Waals surface area contributed by atoms with Gasteiger partial charge in [-0.15, -0.1) is 0 Å². The van der Waals surface area contributed by atoms with Gasteiger partial charge in [0.2, 0.25) is 0 Å². The molecule has 2 rings (SSSR count). The Morgan fingerprint density at radius 3 is 2.22 bits per heavy atom. The Morgan fingerprint density at radius 2 is 1.67 bits per heavy atom. The molecule has 27 heavy (non-hydrogen) atoms. The van der Waals surface area contributed by atoms with E-state index in [4.69, 9.17) is 14.2 Å². The van der Waals surface area contributed by atoms with Gasteiger partial charge in [-0.2, -0.15) is 0 Å². The van der Waals surface area contributed by atoms with Crippen LogP contribution in [0.1, 0.15) is 38.3 Å². The van der Waals surface area contributed by atoms with Crippen LogP contribution in [0, 0.1) is 5.82 Å². The van der Waals surface area contributed by atoms with Crippen LogP contribution in [-0.2, 0) is 4.79 Å². The van der Waals surface area contributed by atoms with Crippen LogP contribution in [0.4, 0.5) is 4.39 Å². The molecule has 5 nitrogen and oxygen atoms in total. The number of hydrogen-bond donors (Lipinski definition) is 1. The summed E-state index contributed by atoms with van der Waals surface area (Å²) in [5.74, 6) is 1.13. The van der Waals surface area contributed by atoms with E-state index in [1.54, 1.807) is 14.2 Å². The molecular formula is C21H26FNO4. The van der Waals surface area contributed by atoms with Crippen molar-refractivity contribution in [1.82, 2.24) is 5.32 Å². The maximum atomic E-state index is 13.0. The summed E-state index contributed by atoms with van der Waals surface area (Å²) in [6, 6.07) is 11.0. The molecule has 0 radical (unpaired) electrons. The summed E-state index contributed by atoms with van der Waals surface area (Å²) in [5.41, 5.74) is 0.917. The molecule has 0 heterocycles. The summed E-state index contributed by atoms with van der Waals surface area (Å²) in [6.07, 6.45) is 0.532. The number of ether oxygens (including phenoxy) is 3. The van der Waals surface area contributed by atoms with Crippen LogP contribution in [0.25, 0.3) is 0 Å². The van der Waals surface area contributed by atoms with Crippen molar-refractivity contribution in [2.75, 3.05) is 14.2 Å². The van der Waals surface area contributed by atoms with Crippen molar-refractivity contribution in [2.24, 2.45) is 0 Å². The lowest BCUT2D eigenvalue weighted by atomic mass is 10.0. The number of nitrogens with one attached hydrogen (secondary N) is 1. The Bertz CT molecular complexity index is 748. The van der Waals surface area contributed by atoms with E-state index in [1.807, 2.05) is 32.0 Å². The molecule has 6 heteroatoms. The molecule has 146 valence electrons. The smallest absolute Gasteiger partial charge is 0.261 e. The second-order valence-corrected chi connectivity index (χ2v) is 6.05. The highest BCUT2D eigenvalue weighted by Crippen LogP contribution is 2.31. The highest BCUT2D eigenvalue weighted by Gasteiger charge is 2.22. The van der Waals surface area contributed by atoms with E-state index in [2.05, 4.69) is 5.32 Å². The van der Waals surface area contributed by atoms with Gasteiger partial charge in [-0.3, -0.25) is 4.79 Å². The maximum Gasteiger partial charge on any atom is 0.261 e. The van der Waals surface area contributed by atoms with Crippen molar-refractivity contribution in [3.63, 3.8) is 0 Å². The first-order chi connectivity index (χ1) is 13.0. The Labute approximate surface area is 159 Å². The van der Waals surface area contributed by atoms with Gasteiger partial charge in [0.1, 0.15) is 11.6 Å². The summed E-state index contributed by atoms with van der Waals surface area (Å²) in [5, 5.41) is 3.02. The van der Waals surface area contributed by atoms with Gasteiger partial charge in [0, 0.05) is 0 Å². The van der Waals surface area contributed by atoms with Crippen LogP contribution < -0.4 is 19.5 Å². The molecule has 0 saturated heterocycles. The molecule has 0 spiro atoms. The molecule has 0 bridgehead atoms. The van der Waals surface area contributed by atoms with Crippen LogP contribution in [-0.4, -0.2) is 26.2 Å². The first-order valence-electron chi connectivity index (χ1n) is 8.96.